The van der Waals surface area contributed by atoms with Crippen LogP contribution in [0.5, 0.6) is 0 Å². The van der Waals surface area contributed by atoms with Gasteiger partial charge < -0.3 is 10.0 Å². The number of aliphatic hydroxyl groups excluding tert-OH is 1. The molecule has 0 bridgehead atoms. The Morgan fingerprint density at radius 3 is 2.80 bits per heavy atom. The van der Waals surface area contributed by atoms with Gasteiger partial charge in [0, 0.05) is 12.6 Å². The number of aliphatic hydroxyl groups is 1. The molecule has 0 aromatic heterocycles. The minimum Gasteiger partial charge on any atom is -0.396 e. The molecule has 2 heteroatoms. The molecule has 0 aliphatic carbocycles. The van der Waals surface area contributed by atoms with E-state index in [9.17, 15) is 0 Å². The van der Waals surface area contributed by atoms with Crippen LogP contribution in [0.2, 0.25) is 0 Å². The Balaban J connectivity index is 2.17. The lowest BCUT2D eigenvalue weighted by atomic mass is 10.0. The monoisotopic (exact) mass is 213 g/mol. The van der Waals surface area contributed by atoms with Gasteiger partial charge in [-0.05, 0) is 57.5 Å². The van der Waals surface area contributed by atoms with E-state index in [1.165, 1.54) is 38.8 Å². The Bertz CT molecular complexity index is 159. The van der Waals surface area contributed by atoms with Gasteiger partial charge >= 0.3 is 0 Å². The Hall–Kier alpha value is -0.0800. The van der Waals surface area contributed by atoms with Crippen molar-refractivity contribution >= 4 is 0 Å². The van der Waals surface area contributed by atoms with Gasteiger partial charge in [-0.15, -0.1) is 0 Å². The molecule has 1 saturated heterocycles. The topological polar surface area (TPSA) is 23.5 Å². The van der Waals surface area contributed by atoms with Gasteiger partial charge in [0.25, 0.3) is 0 Å². The molecule has 0 spiro atoms. The maximum Gasteiger partial charge on any atom is 0.0431 e. The molecule has 1 N–H and O–H groups in total. The molecule has 90 valence electrons. The standard InChI is InChI=1S/C13H27NO/c1-12(2)7-8-13-6-5-10-14(13)9-3-4-11-15/h12-13,15H,3-11H2,1-2H3. The molecule has 2 nitrogen and oxygen atoms in total. The zero-order valence-corrected chi connectivity index (χ0v) is 10.4. The number of unbranched alkanes of at least 4 members (excludes halogenated alkanes) is 1. The van der Waals surface area contributed by atoms with Crippen molar-refractivity contribution in [2.24, 2.45) is 5.92 Å². The molecule has 1 heterocycles. The maximum atomic E-state index is 8.76. The molecule has 1 fully saturated rings. The van der Waals surface area contributed by atoms with Crippen LogP contribution in [0.3, 0.4) is 0 Å². The van der Waals surface area contributed by atoms with Crippen molar-refractivity contribution in [1.29, 1.82) is 0 Å². The van der Waals surface area contributed by atoms with Crippen LogP contribution in [0.15, 0.2) is 0 Å². The fourth-order valence-corrected chi connectivity index (χ4v) is 2.47. The highest BCUT2D eigenvalue weighted by atomic mass is 16.2. The first-order valence-electron chi connectivity index (χ1n) is 6.59. The molecule has 1 unspecified atom stereocenters. The first-order valence-corrected chi connectivity index (χ1v) is 6.59. The maximum absolute atomic E-state index is 8.76. The molecular formula is C13H27NO. The van der Waals surface area contributed by atoms with E-state index < -0.39 is 0 Å². The molecule has 0 radical (unpaired) electrons. The highest BCUT2D eigenvalue weighted by Crippen LogP contribution is 2.23. The lowest BCUT2D eigenvalue weighted by molar-refractivity contribution is 0.216. The van der Waals surface area contributed by atoms with E-state index in [1.54, 1.807) is 0 Å². The van der Waals surface area contributed by atoms with Gasteiger partial charge in [-0.1, -0.05) is 13.8 Å². The van der Waals surface area contributed by atoms with E-state index >= 15 is 0 Å². The van der Waals surface area contributed by atoms with Crippen LogP contribution in [0, 0.1) is 5.92 Å². The van der Waals surface area contributed by atoms with E-state index in [1.807, 2.05) is 0 Å². The van der Waals surface area contributed by atoms with Crippen molar-refractivity contribution in [2.45, 2.75) is 58.4 Å². The zero-order chi connectivity index (χ0) is 11.1. The second-order valence-electron chi connectivity index (χ2n) is 5.23. The SMILES string of the molecule is CC(C)CCC1CCCN1CCCCO. The average Bonchev–Trinajstić information content (AvgIpc) is 2.63. The first kappa shape index (κ1) is 13.0. The van der Waals surface area contributed by atoms with E-state index in [-0.39, 0.29) is 0 Å². The van der Waals surface area contributed by atoms with Gasteiger partial charge in [-0.3, -0.25) is 0 Å². The molecule has 15 heavy (non-hydrogen) atoms. The van der Waals surface area contributed by atoms with Crippen LogP contribution in [0.25, 0.3) is 0 Å². The van der Waals surface area contributed by atoms with Gasteiger partial charge in [0.05, 0.1) is 0 Å². The molecule has 0 aromatic carbocycles. The van der Waals surface area contributed by atoms with Crippen LogP contribution in [0.4, 0.5) is 0 Å². The Kier molecular flexibility index (Phi) is 6.26. The Morgan fingerprint density at radius 1 is 1.33 bits per heavy atom. The van der Waals surface area contributed by atoms with Crippen LogP contribution < -0.4 is 0 Å². The quantitative estimate of drug-likeness (QED) is 0.657. The minimum absolute atomic E-state index is 0.352. The Labute approximate surface area is 94.7 Å². The summed E-state index contributed by atoms with van der Waals surface area (Å²) in [7, 11) is 0. The van der Waals surface area contributed by atoms with Crippen LogP contribution in [0.1, 0.15) is 52.4 Å². The second kappa shape index (κ2) is 7.24. The Morgan fingerprint density at radius 2 is 2.13 bits per heavy atom. The highest BCUT2D eigenvalue weighted by Gasteiger charge is 2.23. The van der Waals surface area contributed by atoms with E-state index in [0.717, 1.165) is 24.8 Å². The van der Waals surface area contributed by atoms with Crippen molar-refractivity contribution in [3.8, 4) is 0 Å². The molecule has 0 saturated carbocycles. The van der Waals surface area contributed by atoms with Crippen LogP contribution in [-0.4, -0.2) is 35.7 Å². The fourth-order valence-electron chi connectivity index (χ4n) is 2.47. The van der Waals surface area contributed by atoms with Gasteiger partial charge in [-0.2, -0.15) is 0 Å². The fraction of sp³-hybridized carbons (Fsp3) is 1.00. The molecule has 1 rings (SSSR count). The highest BCUT2D eigenvalue weighted by molar-refractivity contribution is 4.79. The summed E-state index contributed by atoms with van der Waals surface area (Å²) < 4.78 is 0. The van der Waals surface area contributed by atoms with Crippen molar-refractivity contribution < 1.29 is 5.11 Å². The van der Waals surface area contributed by atoms with Crippen LogP contribution in [-0.2, 0) is 0 Å². The lowest BCUT2D eigenvalue weighted by Crippen LogP contribution is -2.30. The third kappa shape index (κ3) is 4.98. The largest absolute Gasteiger partial charge is 0.396 e. The second-order valence-corrected chi connectivity index (χ2v) is 5.23. The molecule has 1 atom stereocenters. The van der Waals surface area contributed by atoms with E-state index in [4.69, 9.17) is 5.11 Å². The number of likely N-dealkylation sites (tertiary alicyclic amines) is 1. The van der Waals surface area contributed by atoms with E-state index in [0.29, 0.717) is 6.61 Å². The summed E-state index contributed by atoms with van der Waals surface area (Å²) in [6.45, 7) is 7.46. The summed E-state index contributed by atoms with van der Waals surface area (Å²) >= 11 is 0. The summed E-state index contributed by atoms with van der Waals surface area (Å²) in [5.41, 5.74) is 0. The molecule has 1 aliphatic heterocycles. The van der Waals surface area contributed by atoms with Gasteiger partial charge in [0.1, 0.15) is 0 Å². The number of nitrogens with zero attached hydrogens (tertiary/aromatic N) is 1. The van der Waals surface area contributed by atoms with Crippen molar-refractivity contribution in [3.05, 3.63) is 0 Å². The molecule has 0 aromatic rings. The molecule has 1 aliphatic rings. The summed E-state index contributed by atoms with van der Waals surface area (Å²) in [5, 5.41) is 8.76. The third-order valence-electron chi connectivity index (χ3n) is 3.43. The normalized spacial score (nSPS) is 22.8. The van der Waals surface area contributed by atoms with Gasteiger partial charge in [0.15, 0.2) is 0 Å². The average molecular weight is 213 g/mol. The van der Waals surface area contributed by atoms with Crippen molar-refractivity contribution in [2.75, 3.05) is 19.7 Å². The van der Waals surface area contributed by atoms with Crippen molar-refractivity contribution in [3.63, 3.8) is 0 Å². The molecular weight excluding hydrogens is 186 g/mol. The minimum atomic E-state index is 0.352. The number of hydrogen-bond donors (Lipinski definition) is 1. The van der Waals surface area contributed by atoms with Crippen molar-refractivity contribution in [1.82, 2.24) is 4.90 Å². The van der Waals surface area contributed by atoms with Crippen LogP contribution >= 0.6 is 0 Å². The van der Waals surface area contributed by atoms with E-state index in [2.05, 4.69) is 18.7 Å². The predicted molar refractivity (Wildman–Crippen MR) is 65.0 cm³/mol. The summed E-state index contributed by atoms with van der Waals surface area (Å²) in [5.74, 6) is 0.838. The zero-order valence-electron chi connectivity index (χ0n) is 10.4. The predicted octanol–water partition coefficient (Wildman–Crippen LogP) is 2.66. The summed E-state index contributed by atoms with van der Waals surface area (Å²) in [6.07, 6.45) is 7.63. The number of rotatable bonds is 7. The van der Waals surface area contributed by atoms with Gasteiger partial charge in [-0.25, -0.2) is 0 Å². The lowest BCUT2D eigenvalue weighted by Gasteiger charge is -2.24. The third-order valence-corrected chi connectivity index (χ3v) is 3.43. The molecule has 0 amide bonds. The summed E-state index contributed by atoms with van der Waals surface area (Å²) in [6, 6.07) is 0.839. The number of hydrogen-bond acceptors (Lipinski definition) is 2. The smallest absolute Gasteiger partial charge is 0.0431 e. The summed E-state index contributed by atoms with van der Waals surface area (Å²) in [4.78, 5) is 2.64. The first-order chi connectivity index (χ1) is 7.24. The van der Waals surface area contributed by atoms with Gasteiger partial charge in [0.2, 0.25) is 0 Å².